The first-order valence-electron chi connectivity index (χ1n) is 10.5. The van der Waals surface area contributed by atoms with Gasteiger partial charge in [-0.2, -0.15) is 0 Å². The lowest BCUT2D eigenvalue weighted by molar-refractivity contribution is -0.120. The zero-order valence-corrected chi connectivity index (χ0v) is 16.8. The minimum absolute atomic E-state index is 0.118. The van der Waals surface area contributed by atoms with Gasteiger partial charge in [-0.05, 0) is 53.9 Å². The number of ketones is 2. The molecule has 0 N–H and O–H groups in total. The largest absolute Gasteiger partial charge is 0.299 e. The molecule has 2 atom stereocenters. The Morgan fingerprint density at radius 3 is 2.48 bits per heavy atom. The van der Waals surface area contributed by atoms with E-state index >= 15 is 0 Å². The van der Waals surface area contributed by atoms with Crippen molar-refractivity contribution in [1.29, 1.82) is 0 Å². The molecule has 0 spiro atoms. The van der Waals surface area contributed by atoms with Crippen molar-refractivity contribution < 1.29 is 9.59 Å². The molecule has 142 valence electrons. The molecule has 0 amide bonds. The summed E-state index contributed by atoms with van der Waals surface area (Å²) in [6.07, 6.45) is 8.04. The van der Waals surface area contributed by atoms with Gasteiger partial charge in [0, 0.05) is 24.3 Å². The highest BCUT2D eigenvalue weighted by atomic mass is 16.1. The predicted molar refractivity (Wildman–Crippen MR) is 109 cm³/mol. The average Bonchev–Trinajstić information content (AvgIpc) is 2.84. The van der Waals surface area contributed by atoms with Gasteiger partial charge in [0.1, 0.15) is 5.78 Å². The van der Waals surface area contributed by atoms with Crippen molar-refractivity contribution in [2.75, 3.05) is 0 Å². The number of benzene rings is 1. The van der Waals surface area contributed by atoms with Crippen LogP contribution in [-0.4, -0.2) is 11.6 Å². The topological polar surface area (TPSA) is 34.1 Å². The van der Waals surface area contributed by atoms with Gasteiger partial charge in [-0.15, -0.1) is 0 Å². The van der Waals surface area contributed by atoms with Crippen molar-refractivity contribution in [3.8, 4) is 0 Å². The molecule has 1 aromatic rings. The smallest absolute Gasteiger partial charge is 0.164 e. The van der Waals surface area contributed by atoms with Crippen LogP contribution in [0, 0.1) is 17.8 Å². The van der Waals surface area contributed by atoms with Gasteiger partial charge in [0.05, 0.1) is 5.92 Å². The molecular weight excluding hydrogens is 332 g/mol. The number of Topliss-reactive ketones (excluding diaryl/α,β-unsaturated/α-hetero) is 2. The molecule has 27 heavy (non-hydrogen) atoms. The molecule has 0 bridgehead atoms. The van der Waals surface area contributed by atoms with Crippen LogP contribution in [0.15, 0.2) is 47.1 Å². The van der Waals surface area contributed by atoms with E-state index in [1.54, 1.807) is 0 Å². The first-order valence-corrected chi connectivity index (χ1v) is 10.5. The third kappa shape index (κ3) is 3.35. The number of hydrogen-bond acceptors (Lipinski definition) is 2. The molecule has 4 rings (SSSR count). The van der Waals surface area contributed by atoms with E-state index in [2.05, 4.69) is 32.9 Å². The van der Waals surface area contributed by atoms with Crippen LogP contribution in [-0.2, 0) is 16.0 Å². The Morgan fingerprint density at radius 1 is 1.04 bits per heavy atom. The molecule has 2 heteroatoms. The van der Waals surface area contributed by atoms with Gasteiger partial charge in [0.25, 0.3) is 0 Å². The molecule has 1 fully saturated rings. The van der Waals surface area contributed by atoms with Gasteiger partial charge in [0.15, 0.2) is 5.78 Å². The molecule has 3 aliphatic rings. The molecule has 0 saturated heterocycles. The monoisotopic (exact) mass is 362 g/mol. The molecule has 0 radical (unpaired) electrons. The Balaban J connectivity index is 1.73. The normalized spacial score (nSPS) is 30.5. The first kappa shape index (κ1) is 18.4. The fraction of sp³-hybridized carbons (Fsp3) is 0.520. The highest BCUT2D eigenvalue weighted by Gasteiger charge is 2.39. The van der Waals surface area contributed by atoms with Gasteiger partial charge in [-0.25, -0.2) is 0 Å². The van der Waals surface area contributed by atoms with Crippen LogP contribution in [0.2, 0.25) is 0 Å². The summed E-state index contributed by atoms with van der Waals surface area (Å²) in [5.74, 6) is 1.66. The Morgan fingerprint density at radius 2 is 1.74 bits per heavy atom. The van der Waals surface area contributed by atoms with Crippen molar-refractivity contribution in [3.05, 3.63) is 58.2 Å². The van der Waals surface area contributed by atoms with Crippen molar-refractivity contribution in [2.24, 2.45) is 17.8 Å². The summed E-state index contributed by atoms with van der Waals surface area (Å²) in [6, 6.07) is 8.09. The van der Waals surface area contributed by atoms with E-state index in [4.69, 9.17) is 0 Å². The Kier molecular flexibility index (Phi) is 4.92. The maximum atomic E-state index is 13.6. The Hall–Kier alpha value is -1.96. The van der Waals surface area contributed by atoms with Gasteiger partial charge < -0.3 is 0 Å². The molecule has 2 nitrogen and oxygen atoms in total. The first-order chi connectivity index (χ1) is 13.0. The van der Waals surface area contributed by atoms with Crippen LogP contribution in [0.3, 0.4) is 0 Å². The molecule has 2 unspecified atom stereocenters. The van der Waals surface area contributed by atoms with Gasteiger partial charge in [-0.1, -0.05) is 57.0 Å². The van der Waals surface area contributed by atoms with Crippen LogP contribution in [0.5, 0.6) is 0 Å². The van der Waals surface area contributed by atoms with E-state index in [0.717, 1.165) is 46.6 Å². The Bertz CT molecular complexity index is 834. The maximum Gasteiger partial charge on any atom is 0.164 e. The SMILES string of the molecule is CC1=CC(C)C2=C1C(C(=O)CC1CCC(C)CC1)c1ccccc1CC2=O. The summed E-state index contributed by atoms with van der Waals surface area (Å²) in [6.45, 7) is 6.47. The summed E-state index contributed by atoms with van der Waals surface area (Å²) in [7, 11) is 0. The lowest BCUT2D eigenvalue weighted by Gasteiger charge is -2.28. The number of fused-ring (bicyclic) bond motifs is 1. The van der Waals surface area contributed by atoms with Crippen LogP contribution >= 0.6 is 0 Å². The van der Waals surface area contributed by atoms with E-state index in [1.165, 1.54) is 12.8 Å². The van der Waals surface area contributed by atoms with Gasteiger partial charge >= 0.3 is 0 Å². The fourth-order valence-corrected chi connectivity index (χ4v) is 5.46. The average molecular weight is 363 g/mol. The summed E-state index contributed by atoms with van der Waals surface area (Å²) in [5, 5.41) is 0. The van der Waals surface area contributed by atoms with Crippen LogP contribution in [0.1, 0.15) is 69.9 Å². The molecule has 0 aromatic heterocycles. The van der Waals surface area contributed by atoms with Crippen LogP contribution < -0.4 is 0 Å². The summed E-state index contributed by atoms with van der Waals surface area (Å²) >= 11 is 0. The third-order valence-electron chi connectivity index (χ3n) is 6.92. The Labute approximate surface area is 162 Å². The molecule has 0 heterocycles. The lowest BCUT2D eigenvalue weighted by Crippen LogP contribution is -2.22. The van der Waals surface area contributed by atoms with E-state index in [0.29, 0.717) is 24.5 Å². The zero-order valence-electron chi connectivity index (χ0n) is 16.8. The second kappa shape index (κ2) is 7.22. The molecular formula is C25H30O2. The fourth-order valence-electron chi connectivity index (χ4n) is 5.46. The predicted octanol–water partition coefficient (Wildman–Crippen LogP) is 5.57. The van der Waals surface area contributed by atoms with E-state index in [1.807, 2.05) is 18.2 Å². The summed E-state index contributed by atoms with van der Waals surface area (Å²) in [5.41, 5.74) is 5.13. The standard InChI is InChI=1S/C25H30O2/c1-15-8-10-18(11-9-15)13-21(26)25-20-7-5-4-6-19(20)14-22(27)23-16(2)12-17(3)24(23)25/h4-7,12,15-16,18,25H,8-11,13-14H2,1-3H3. The highest BCUT2D eigenvalue weighted by molar-refractivity contribution is 6.04. The van der Waals surface area contributed by atoms with Crippen LogP contribution in [0.25, 0.3) is 0 Å². The second-order valence-corrected chi connectivity index (χ2v) is 8.99. The quantitative estimate of drug-likeness (QED) is 0.704. The van der Waals surface area contributed by atoms with Crippen molar-refractivity contribution in [3.63, 3.8) is 0 Å². The van der Waals surface area contributed by atoms with Crippen molar-refractivity contribution in [1.82, 2.24) is 0 Å². The molecule has 0 aliphatic heterocycles. The number of allylic oxidation sites excluding steroid dienone is 4. The molecule has 3 aliphatic carbocycles. The van der Waals surface area contributed by atoms with Gasteiger partial charge in [-0.3, -0.25) is 9.59 Å². The second-order valence-electron chi connectivity index (χ2n) is 8.99. The number of rotatable bonds is 3. The third-order valence-corrected chi connectivity index (χ3v) is 6.92. The highest BCUT2D eigenvalue weighted by Crippen LogP contribution is 2.45. The minimum atomic E-state index is -0.261. The summed E-state index contributed by atoms with van der Waals surface area (Å²) < 4.78 is 0. The van der Waals surface area contributed by atoms with E-state index in [-0.39, 0.29) is 17.6 Å². The number of hydrogen-bond donors (Lipinski definition) is 0. The minimum Gasteiger partial charge on any atom is -0.299 e. The van der Waals surface area contributed by atoms with Crippen LogP contribution in [0.4, 0.5) is 0 Å². The maximum absolute atomic E-state index is 13.6. The van der Waals surface area contributed by atoms with E-state index in [9.17, 15) is 9.59 Å². The van der Waals surface area contributed by atoms with Crippen molar-refractivity contribution >= 4 is 11.6 Å². The zero-order chi connectivity index (χ0) is 19.1. The van der Waals surface area contributed by atoms with E-state index < -0.39 is 0 Å². The molecule has 1 aromatic carbocycles. The number of carbonyl (C=O) groups is 2. The van der Waals surface area contributed by atoms with Crippen molar-refractivity contribution in [2.45, 2.75) is 65.2 Å². The lowest BCUT2D eigenvalue weighted by atomic mass is 9.76. The van der Waals surface area contributed by atoms with Gasteiger partial charge in [0.2, 0.25) is 0 Å². The summed E-state index contributed by atoms with van der Waals surface area (Å²) in [4.78, 5) is 26.6. The number of carbonyl (C=O) groups excluding carboxylic acids is 2. The molecule has 1 saturated carbocycles.